The molecule has 4 rings (SSSR count). The van der Waals surface area contributed by atoms with Crippen LogP contribution in [0.25, 0.3) is 28.0 Å². The quantitative estimate of drug-likeness (QED) is 0.467. The fraction of sp³-hybridized carbons (Fsp3) is 0.0952. The van der Waals surface area contributed by atoms with Crippen LogP contribution < -0.4 is 5.56 Å². The van der Waals surface area contributed by atoms with Gasteiger partial charge in [0.15, 0.2) is 5.65 Å². The first-order valence-corrected chi connectivity index (χ1v) is 9.32. The lowest BCUT2D eigenvalue weighted by Gasteiger charge is -2.09. The van der Waals surface area contributed by atoms with Crippen molar-refractivity contribution in [3.8, 4) is 22.4 Å². The summed E-state index contributed by atoms with van der Waals surface area (Å²) in [5, 5.41) is 1.17. The third kappa shape index (κ3) is 2.93. The van der Waals surface area contributed by atoms with Gasteiger partial charge in [0.2, 0.25) is 0 Å². The zero-order valence-electron chi connectivity index (χ0n) is 14.9. The van der Waals surface area contributed by atoms with Crippen LogP contribution in [0.3, 0.4) is 0 Å². The molecule has 0 saturated heterocycles. The topological polar surface area (TPSA) is 56.4 Å². The van der Waals surface area contributed by atoms with Gasteiger partial charge in [-0.25, -0.2) is 4.98 Å². The zero-order chi connectivity index (χ0) is 19.8. The molecule has 0 spiro atoms. The van der Waals surface area contributed by atoms with E-state index in [1.807, 2.05) is 30.3 Å². The first-order chi connectivity index (χ1) is 13.5. The van der Waals surface area contributed by atoms with Crippen molar-refractivity contribution < 1.29 is 4.79 Å². The van der Waals surface area contributed by atoms with Crippen LogP contribution in [0.5, 0.6) is 0 Å². The molecule has 0 bridgehead atoms. The van der Waals surface area contributed by atoms with Crippen LogP contribution in [0, 0.1) is 0 Å². The largest absolute Gasteiger partial charge is 0.303 e. The Bertz CT molecular complexity index is 1260. The fourth-order valence-electron chi connectivity index (χ4n) is 3.37. The van der Waals surface area contributed by atoms with Gasteiger partial charge in [-0.1, -0.05) is 53.5 Å². The van der Waals surface area contributed by atoms with Gasteiger partial charge in [0, 0.05) is 40.8 Å². The van der Waals surface area contributed by atoms with Crippen molar-refractivity contribution in [2.24, 2.45) is 7.05 Å². The second kappa shape index (κ2) is 7.26. The minimum atomic E-state index is -0.284. The Balaban J connectivity index is 2.16. The average Bonchev–Trinajstić information content (AvgIpc) is 2.98. The van der Waals surface area contributed by atoms with Gasteiger partial charge in [-0.05, 0) is 23.8 Å². The Kier molecular flexibility index (Phi) is 4.79. The first-order valence-electron chi connectivity index (χ1n) is 8.57. The number of fused-ring (bicyclic) bond motifs is 1. The second-order valence-corrected chi connectivity index (χ2v) is 7.17. The number of benzene rings is 2. The highest BCUT2D eigenvalue weighted by Gasteiger charge is 2.23. The number of carbonyl (C=O) groups excluding carboxylic acids is 1. The molecule has 2 aromatic heterocycles. The predicted molar refractivity (Wildman–Crippen MR) is 111 cm³/mol. The predicted octanol–water partition coefficient (Wildman–Crippen LogP) is 4.42. The number of halogens is 2. The minimum Gasteiger partial charge on any atom is -0.303 e. The van der Waals surface area contributed by atoms with E-state index in [0.717, 1.165) is 22.4 Å². The van der Waals surface area contributed by atoms with Crippen molar-refractivity contribution in [1.29, 1.82) is 0 Å². The molecule has 0 N–H and O–H groups in total. The Hall–Kier alpha value is -2.89. The number of nitrogens with zero attached hydrogens (tertiary/aromatic N) is 3. The highest BCUT2D eigenvalue weighted by Crippen LogP contribution is 2.38. The second-order valence-electron chi connectivity index (χ2n) is 6.33. The maximum absolute atomic E-state index is 13.0. The summed E-state index contributed by atoms with van der Waals surface area (Å²) in [6.45, 7) is 0. The summed E-state index contributed by atoms with van der Waals surface area (Å²) in [5.41, 5.74) is 3.68. The number of hydrogen-bond donors (Lipinski definition) is 0. The number of rotatable bonds is 4. The molecule has 2 aromatic carbocycles. The van der Waals surface area contributed by atoms with Crippen molar-refractivity contribution in [3.05, 3.63) is 80.7 Å². The molecular weight excluding hydrogens is 397 g/mol. The molecule has 0 atom stereocenters. The third-order valence-corrected chi connectivity index (χ3v) is 5.24. The maximum atomic E-state index is 13.0. The van der Waals surface area contributed by atoms with Crippen LogP contribution in [0.2, 0.25) is 10.0 Å². The first kappa shape index (κ1) is 18.5. The lowest BCUT2D eigenvalue weighted by Crippen LogP contribution is -2.23. The molecule has 0 saturated carbocycles. The van der Waals surface area contributed by atoms with Crippen LogP contribution in [0.1, 0.15) is 5.56 Å². The molecular formula is C21H15Cl2N3O2. The van der Waals surface area contributed by atoms with Gasteiger partial charge in [-0.2, -0.15) is 4.52 Å². The molecule has 0 aliphatic rings. The number of carbonyl (C=O) groups is 1. The smallest absolute Gasteiger partial charge is 0.276 e. The molecule has 28 heavy (non-hydrogen) atoms. The van der Waals surface area contributed by atoms with Crippen molar-refractivity contribution in [2.45, 2.75) is 6.42 Å². The van der Waals surface area contributed by atoms with E-state index in [9.17, 15) is 9.59 Å². The summed E-state index contributed by atoms with van der Waals surface area (Å²) in [5.74, 6) is 0. The monoisotopic (exact) mass is 411 g/mol. The normalized spacial score (nSPS) is 11.1. The highest BCUT2D eigenvalue weighted by atomic mass is 35.5. The Morgan fingerprint density at radius 2 is 1.79 bits per heavy atom. The van der Waals surface area contributed by atoms with E-state index in [1.54, 1.807) is 29.9 Å². The maximum Gasteiger partial charge on any atom is 0.276 e. The molecule has 140 valence electrons. The van der Waals surface area contributed by atoms with Gasteiger partial charge in [0.05, 0.1) is 11.3 Å². The van der Waals surface area contributed by atoms with Gasteiger partial charge in [-0.15, -0.1) is 0 Å². The Labute approximate surface area is 170 Å². The number of aromatic nitrogens is 3. The van der Waals surface area contributed by atoms with Crippen LogP contribution in [0.15, 0.2) is 59.5 Å². The molecule has 4 aromatic rings. The molecule has 0 aliphatic carbocycles. The summed E-state index contributed by atoms with van der Waals surface area (Å²) >= 11 is 12.5. The zero-order valence-corrected chi connectivity index (χ0v) is 16.4. The van der Waals surface area contributed by atoms with Crippen LogP contribution in [-0.4, -0.2) is 20.5 Å². The fourth-order valence-corrected chi connectivity index (χ4v) is 3.72. The van der Waals surface area contributed by atoms with Gasteiger partial charge in [0.25, 0.3) is 5.56 Å². The molecule has 2 heterocycles. The Morgan fingerprint density at radius 1 is 1.07 bits per heavy atom. The standard InChI is InChI=1S/C21H15Cl2N3O2/c1-25-19(16-4-2-3-5-17(16)23)18(13-6-8-15(22)9-7-13)20-24-12-14(10-11-27)21(28)26(20)25/h2-9,11-12H,10H2,1H3. The summed E-state index contributed by atoms with van der Waals surface area (Å²) in [7, 11) is 1.78. The van der Waals surface area contributed by atoms with E-state index in [-0.39, 0.29) is 12.0 Å². The van der Waals surface area contributed by atoms with E-state index in [1.165, 1.54) is 10.7 Å². The van der Waals surface area contributed by atoms with Crippen molar-refractivity contribution in [3.63, 3.8) is 0 Å². The highest BCUT2D eigenvalue weighted by molar-refractivity contribution is 6.33. The van der Waals surface area contributed by atoms with Crippen molar-refractivity contribution >= 4 is 35.1 Å². The van der Waals surface area contributed by atoms with E-state index in [4.69, 9.17) is 23.2 Å². The minimum absolute atomic E-state index is 0.0116. The molecule has 0 fully saturated rings. The number of hydrogen-bond acceptors (Lipinski definition) is 3. The van der Waals surface area contributed by atoms with Gasteiger partial charge >= 0.3 is 0 Å². The SMILES string of the molecule is Cn1c(-c2ccccc2Cl)c(-c2ccc(Cl)cc2)c2ncc(CC=O)c(=O)n21. The number of aldehydes is 1. The Morgan fingerprint density at radius 3 is 2.46 bits per heavy atom. The molecule has 0 aliphatic heterocycles. The molecule has 7 heteroatoms. The summed E-state index contributed by atoms with van der Waals surface area (Å²) in [4.78, 5) is 28.4. The number of aryl methyl sites for hydroxylation is 1. The van der Waals surface area contributed by atoms with Gasteiger partial charge < -0.3 is 4.79 Å². The van der Waals surface area contributed by atoms with Crippen molar-refractivity contribution in [2.75, 3.05) is 0 Å². The van der Waals surface area contributed by atoms with Gasteiger partial charge in [0.1, 0.15) is 6.29 Å². The van der Waals surface area contributed by atoms with Gasteiger partial charge in [-0.3, -0.25) is 9.48 Å². The van der Waals surface area contributed by atoms with E-state index >= 15 is 0 Å². The van der Waals surface area contributed by atoms with Crippen LogP contribution >= 0.6 is 23.2 Å². The van der Waals surface area contributed by atoms with Crippen molar-refractivity contribution in [1.82, 2.24) is 14.2 Å². The van der Waals surface area contributed by atoms with E-state index in [2.05, 4.69) is 4.98 Å². The lowest BCUT2D eigenvalue weighted by molar-refractivity contribution is -0.107. The lowest BCUT2D eigenvalue weighted by atomic mass is 10.0. The molecule has 0 radical (unpaired) electrons. The van der Waals surface area contributed by atoms with Crippen LogP contribution in [-0.2, 0) is 18.3 Å². The van der Waals surface area contributed by atoms with E-state index < -0.39 is 0 Å². The summed E-state index contributed by atoms with van der Waals surface area (Å²) in [6, 6.07) is 14.8. The van der Waals surface area contributed by atoms with Crippen LogP contribution in [0.4, 0.5) is 0 Å². The summed E-state index contributed by atoms with van der Waals surface area (Å²) < 4.78 is 3.20. The van der Waals surface area contributed by atoms with E-state index in [0.29, 0.717) is 27.5 Å². The summed E-state index contributed by atoms with van der Waals surface area (Å²) in [6.07, 6.45) is 2.17. The molecule has 5 nitrogen and oxygen atoms in total. The third-order valence-electron chi connectivity index (χ3n) is 4.66. The average molecular weight is 412 g/mol. The molecule has 0 amide bonds. The molecule has 0 unspecified atom stereocenters.